The summed E-state index contributed by atoms with van der Waals surface area (Å²) in [5.41, 5.74) is 19.8. The average molecular weight is 690 g/mol. The number of para-hydroxylation sites is 1. The van der Waals surface area contributed by atoms with Crippen molar-refractivity contribution in [2.24, 2.45) is 0 Å². The molecule has 0 saturated carbocycles. The van der Waals surface area contributed by atoms with E-state index in [-0.39, 0.29) is 0 Å². The minimum atomic E-state index is -0.492. The van der Waals surface area contributed by atoms with Crippen molar-refractivity contribution in [2.45, 2.75) is 10.8 Å². The molecule has 0 radical (unpaired) electrons. The number of hydrogen-bond donors (Lipinski definition) is 0. The lowest BCUT2D eigenvalue weighted by Gasteiger charge is -2.49. The monoisotopic (exact) mass is 689 g/mol. The summed E-state index contributed by atoms with van der Waals surface area (Å²) in [5.74, 6) is 0. The predicted molar refractivity (Wildman–Crippen MR) is 219 cm³/mol. The number of rotatable bonds is 2. The minimum absolute atomic E-state index is 0.466. The molecule has 8 aromatic carbocycles. The van der Waals surface area contributed by atoms with Gasteiger partial charge in [-0.05, 0) is 96.1 Å². The molecule has 0 bridgehead atoms. The van der Waals surface area contributed by atoms with Gasteiger partial charge < -0.3 is 0 Å². The molecule has 0 aliphatic heterocycles. The normalized spacial score (nSPS) is 14.7. The van der Waals surface area contributed by atoms with E-state index >= 15 is 0 Å². The van der Waals surface area contributed by atoms with Gasteiger partial charge in [0.05, 0.1) is 21.0 Å². The molecule has 2 spiro atoms. The fourth-order valence-corrected chi connectivity index (χ4v) is 11.2. The van der Waals surface area contributed by atoms with Gasteiger partial charge in [-0.2, -0.15) is 0 Å². The first kappa shape index (κ1) is 29.3. The second kappa shape index (κ2) is 10.6. The van der Waals surface area contributed by atoms with Crippen LogP contribution in [-0.4, -0.2) is 4.98 Å². The smallest absolute Gasteiger partial charge is 0.124 e. The molecule has 0 atom stereocenters. The molecule has 12 rings (SSSR count). The summed E-state index contributed by atoms with van der Waals surface area (Å²) >= 11 is 1.75. The predicted octanol–water partition coefficient (Wildman–Crippen LogP) is 12.7. The maximum absolute atomic E-state index is 4.95. The van der Waals surface area contributed by atoms with E-state index in [4.69, 9.17) is 4.98 Å². The molecule has 0 saturated heterocycles. The lowest BCUT2D eigenvalue weighted by molar-refractivity contribution is 0.633. The van der Waals surface area contributed by atoms with Crippen LogP contribution in [0.1, 0.15) is 44.5 Å². The number of fused-ring (bicyclic) bond motifs is 17. The average Bonchev–Trinajstić information content (AvgIpc) is 3.89. The quantitative estimate of drug-likeness (QED) is 0.176. The fraction of sp³-hybridized carbons (Fsp3) is 0.0392. The maximum Gasteiger partial charge on any atom is 0.124 e. The van der Waals surface area contributed by atoms with Crippen LogP contribution in [0.4, 0.5) is 0 Å². The van der Waals surface area contributed by atoms with E-state index < -0.39 is 10.8 Å². The Balaban J connectivity index is 1.17. The van der Waals surface area contributed by atoms with Crippen molar-refractivity contribution in [3.05, 3.63) is 233 Å². The molecule has 9 aromatic rings. The van der Waals surface area contributed by atoms with E-state index in [1.54, 1.807) is 11.3 Å². The third kappa shape index (κ3) is 3.64. The Kier molecular flexibility index (Phi) is 5.85. The van der Waals surface area contributed by atoms with Crippen LogP contribution < -0.4 is 0 Å². The Morgan fingerprint density at radius 1 is 0.321 bits per heavy atom. The number of thiazole rings is 1. The van der Waals surface area contributed by atoms with Crippen LogP contribution in [0.2, 0.25) is 0 Å². The molecular weight excluding hydrogens is 659 g/mol. The summed E-state index contributed by atoms with van der Waals surface area (Å²) < 4.78 is 1.22. The summed E-state index contributed by atoms with van der Waals surface area (Å²) in [4.78, 5) is 4.95. The molecule has 0 fully saturated rings. The van der Waals surface area contributed by atoms with E-state index in [1.165, 1.54) is 82.6 Å². The van der Waals surface area contributed by atoms with Crippen LogP contribution >= 0.6 is 11.3 Å². The SMILES string of the molecule is c1ccc2c(c1)-c1ccccc1C21c2ccccc2C2(c3ccccc3-c3ccccc32)c2cc(-c3ccc(-c4nc5ccccc5s4)cc3)ccc21. The summed E-state index contributed by atoms with van der Waals surface area (Å²) in [6.07, 6.45) is 0. The van der Waals surface area contributed by atoms with Gasteiger partial charge >= 0.3 is 0 Å². The topological polar surface area (TPSA) is 12.9 Å². The van der Waals surface area contributed by atoms with Gasteiger partial charge in [0, 0.05) is 5.56 Å². The molecular formula is C51H31NS. The largest absolute Gasteiger partial charge is 0.236 e. The Bertz CT molecular complexity index is 2840. The molecule has 3 aliphatic carbocycles. The van der Waals surface area contributed by atoms with Crippen molar-refractivity contribution < 1.29 is 0 Å². The molecule has 246 valence electrons. The highest BCUT2D eigenvalue weighted by atomic mass is 32.1. The summed E-state index contributed by atoms with van der Waals surface area (Å²) in [5, 5.41) is 1.05. The Hall–Kier alpha value is -6.35. The van der Waals surface area contributed by atoms with Crippen LogP contribution in [0, 0.1) is 0 Å². The molecule has 0 unspecified atom stereocenters. The van der Waals surface area contributed by atoms with Gasteiger partial charge in [0.1, 0.15) is 5.01 Å². The van der Waals surface area contributed by atoms with Crippen molar-refractivity contribution >= 4 is 21.6 Å². The third-order valence-corrected chi connectivity index (χ3v) is 13.3. The standard InChI is InChI=1S/C51H31NS/c1-5-17-39-35(13-1)36-14-2-6-18-40(36)50(39)43-21-9-10-22-44(43)51(41-19-7-3-15-37(41)38-16-4-8-20-42(38)51)46-31-34(29-30-45(46)50)32-25-27-33(28-26-32)49-52-47-23-11-12-24-48(47)53-49/h1-31H. The van der Waals surface area contributed by atoms with Crippen molar-refractivity contribution in [3.8, 4) is 44.0 Å². The Morgan fingerprint density at radius 2 is 0.717 bits per heavy atom. The maximum atomic E-state index is 4.95. The van der Waals surface area contributed by atoms with E-state index in [2.05, 4.69) is 188 Å². The second-order valence-electron chi connectivity index (χ2n) is 14.6. The number of hydrogen-bond acceptors (Lipinski definition) is 2. The highest BCUT2D eigenvalue weighted by molar-refractivity contribution is 7.21. The van der Waals surface area contributed by atoms with Crippen molar-refractivity contribution in [1.82, 2.24) is 4.98 Å². The minimum Gasteiger partial charge on any atom is -0.236 e. The van der Waals surface area contributed by atoms with Crippen molar-refractivity contribution in [2.75, 3.05) is 0 Å². The molecule has 1 nitrogen and oxygen atoms in total. The van der Waals surface area contributed by atoms with E-state index in [1.807, 2.05) is 0 Å². The van der Waals surface area contributed by atoms with Gasteiger partial charge in [-0.15, -0.1) is 11.3 Å². The van der Waals surface area contributed by atoms with E-state index in [0.717, 1.165) is 16.1 Å². The zero-order valence-electron chi connectivity index (χ0n) is 28.8. The van der Waals surface area contributed by atoms with Gasteiger partial charge in [0.15, 0.2) is 0 Å². The van der Waals surface area contributed by atoms with E-state index in [9.17, 15) is 0 Å². The highest BCUT2D eigenvalue weighted by Crippen LogP contribution is 2.67. The lowest BCUT2D eigenvalue weighted by Crippen LogP contribution is -2.43. The summed E-state index contributed by atoms with van der Waals surface area (Å²) in [6, 6.07) is 70.6. The third-order valence-electron chi connectivity index (χ3n) is 12.2. The lowest BCUT2D eigenvalue weighted by atomic mass is 9.52. The zero-order chi connectivity index (χ0) is 34.7. The van der Waals surface area contributed by atoms with E-state index in [0.29, 0.717) is 0 Å². The molecule has 0 amide bonds. The highest BCUT2D eigenvalue weighted by Gasteiger charge is 2.58. The van der Waals surface area contributed by atoms with Gasteiger partial charge in [-0.1, -0.05) is 170 Å². The van der Waals surface area contributed by atoms with Crippen LogP contribution in [0.3, 0.4) is 0 Å². The van der Waals surface area contributed by atoms with Crippen LogP contribution in [0.15, 0.2) is 188 Å². The molecule has 1 heterocycles. The number of benzene rings is 8. The van der Waals surface area contributed by atoms with Gasteiger partial charge in [0.25, 0.3) is 0 Å². The van der Waals surface area contributed by atoms with Gasteiger partial charge in [-0.25, -0.2) is 4.98 Å². The van der Waals surface area contributed by atoms with Crippen LogP contribution in [0.25, 0.3) is 54.2 Å². The number of aromatic nitrogens is 1. The zero-order valence-corrected chi connectivity index (χ0v) is 29.6. The summed E-state index contributed by atoms with van der Waals surface area (Å²) in [6.45, 7) is 0. The molecule has 1 aromatic heterocycles. The fourth-order valence-electron chi connectivity index (χ4n) is 10.2. The molecule has 53 heavy (non-hydrogen) atoms. The summed E-state index contributed by atoms with van der Waals surface area (Å²) in [7, 11) is 0. The van der Waals surface area contributed by atoms with Crippen molar-refractivity contribution in [1.29, 1.82) is 0 Å². The molecule has 2 heteroatoms. The van der Waals surface area contributed by atoms with Crippen LogP contribution in [0.5, 0.6) is 0 Å². The Morgan fingerprint density at radius 3 is 1.25 bits per heavy atom. The first-order valence-corrected chi connectivity index (χ1v) is 19.2. The second-order valence-corrected chi connectivity index (χ2v) is 15.6. The Labute approximate surface area is 312 Å². The van der Waals surface area contributed by atoms with Crippen molar-refractivity contribution in [3.63, 3.8) is 0 Å². The molecule has 0 N–H and O–H groups in total. The first-order valence-electron chi connectivity index (χ1n) is 18.4. The van der Waals surface area contributed by atoms with Gasteiger partial charge in [-0.3, -0.25) is 0 Å². The first-order chi connectivity index (χ1) is 26.3. The number of nitrogens with zero attached hydrogens (tertiary/aromatic N) is 1. The van der Waals surface area contributed by atoms with Crippen LogP contribution in [-0.2, 0) is 10.8 Å². The molecule has 3 aliphatic rings. The van der Waals surface area contributed by atoms with Gasteiger partial charge in [0.2, 0.25) is 0 Å².